The maximum atomic E-state index is 11.0. The van der Waals surface area contributed by atoms with Gasteiger partial charge in [0.1, 0.15) is 5.75 Å². The highest BCUT2D eigenvalue weighted by Gasteiger charge is 2.26. The number of carboxylic acid groups (broad SMARTS) is 1. The van der Waals surface area contributed by atoms with Crippen molar-refractivity contribution < 1.29 is 19.7 Å². The lowest BCUT2D eigenvalue weighted by Gasteiger charge is -2.18. The minimum absolute atomic E-state index is 0.237. The number of carbonyl (C=O) groups is 1. The zero-order valence-corrected chi connectivity index (χ0v) is 11.5. The number of rotatable bonds is 3. The Balaban J connectivity index is 2.58. The summed E-state index contributed by atoms with van der Waals surface area (Å²) in [7, 11) is 1.43. The van der Waals surface area contributed by atoms with Crippen LogP contribution in [0.5, 0.6) is 5.75 Å². The molecular formula is C14H17ClO4. The molecule has 0 amide bonds. The second-order valence-electron chi connectivity index (χ2n) is 4.75. The van der Waals surface area contributed by atoms with Crippen LogP contribution in [0.1, 0.15) is 42.1 Å². The molecule has 0 saturated carbocycles. The van der Waals surface area contributed by atoms with Crippen molar-refractivity contribution in [1.82, 2.24) is 0 Å². The molecule has 1 aromatic rings. The zero-order valence-electron chi connectivity index (χ0n) is 10.8. The quantitative estimate of drug-likeness (QED) is 0.838. The second kappa shape index (κ2) is 5.80. The largest absolute Gasteiger partial charge is 0.495 e. The van der Waals surface area contributed by atoms with E-state index in [0.717, 1.165) is 43.2 Å². The van der Waals surface area contributed by atoms with E-state index in [1.165, 1.54) is 7.11 Å². The van der Waals surface area contributed by atoms with Crippen LogP contribution in [0.15, 0.2) is 6.07 Å². The van der Waals surface area contributed by atoms with E-state index in [-0.39, 0.29) is 11.3 Å². The zero-order chi connectivity index (χ0) is 14.0. The number of aliphatic hydroxyl groups is 1. The first-order valence-corrected chi connectivity index (χ1v) is 6.73. The summed E-state index contributed by atoms with van der Waals surface area (Å²) < 4.78 is 5.20. The lowest BCUT2D eigenvalue weighted by atomic mass is 9.96. The van der Waals surface area contributed by atoms with E-state index in [4.69, 9.17) is 21.4 Å². The fourth-order valence-corrected chi connectivity index (χ4v) is 2.98. The average Bonchev–Trinajstić information content (AvgIpc) is 2.63. The number of halogens is 1. The number of aliphatic carboxylic acids is 1. The molecule has 0 aromatic heterocycles. The Morgan fingerprint density at radius 1 is 1.37 bits per heavy atom. The van der Waals surface area contributed by atoms with Gasteiger partial charge in [-0.1, -0.05) is 18.0 Å². The van der Waals surface area contributed by atoms with Crippen LogP contribution in [-0.2, 0) is 17.6 Å². The van der Waals surface area contributed by atoms with Crippen molar-refractivity contribution in [3.05, 3.63) is 27.8 Å². The predicted octanol–water partition coefficient (Wildman–Crippen LogP) is 2.74. The van der Waals surface area contributed by atoms with E-state index >= 15 is 0 Å². The van der Waals surface area contributed by atoms with Crippen molar-refractivity contribution in [2.24, 2.45) is 0 Å². The number of carboxylic acids is 1. The summed E-state index contributed by atoms with van der Waals surface area (Å²) in [4.78, 5) is 11.0. The molecule has 0 aliphatic heterocycles. The SMILES string of the molecule is COc1c(C(O)C(=O)O)cc2c(c1Cl)CCCCC2. The molecule has 0 bridgehead atoms. The van der Waals surface area contributed by atoms with Gasteiger partial charge in [0.05, 0.1) is 12.1 Å². The van der Waals surface area contributed by atoms with Gasteiger partial charge in [-0.2, -0.15) is 0 Å². The van der Waals surface area contributed by atoms with Crippen LogP contribution in [0.25, 0.3) is 0 Å². The van der Waals surface area contributed by atoms with E-state index < -0.39 is 12.1 Å². The van der Waals surface area contributed by atoms with Gasteiger partial charge in [-0.15, -0.1) is 0 Å². The molecule has 2 rings (SSSR count). The Hall–Kier alpha value is -1.26. The smallest absolute Gasteiger partial charge is 0.337 e. The number of aryl methyl sites for hydroxylation is 1. The lowest BCUT2D eigenvalue weighted by Crippen LogP contribution is -2.13. The molecule has 1 aromatic carbocycles. The number of ether oxygens (including phenoxy) is 1. The normalized spacial score (nSPS) is 16.4. The Morgan fingerprint density at radius 2 is 2.05 bits per heavy atom. The molecule has 0 fully saturated rings. The molecule has 19 heavy (non-hydrogen) atoms. The van der Waals surface area contributed by atoms with Gasteiger partial charge in [-0.25, -0.2) is 4.79 Å². The lowest BCUT2D eigenvalue weighted by molar-refractivity contribution is -0.147. The summed E-state index contributed by atoms with van der Waals surface area (Å²) in [5, 5.41) is 19.2. The first-order chi connectivity index (χ1) is 9.06. The molecule has 2 N–H and O–H groups in total. The Bertz CT molecular complexity index is 499. The van der Waals surface area contributed by atoms with E-state index in [1.54, 1.807) is 6.07 Å². The molecule has 1 atom stereocenters. The topological polar surface area (TPSA) is 66.8 Å². The van der Waals surface area contributed by atoms with Crippen LogP contribution < -0.4 is 4.74 Å². The number of aliphatic hydroxyl groups excluding tert-OH is 1. The maximum absolute atomic E-state index is 11.0. The Labute approximate surface area is 117 Å². The fourth-order valence-electron chi connectivity index (χ4n) is 2.58. The van der Waals surface area contributed by atoms with Gasteiger partial charge in [0.25, 0.3) is 0 Å². The molecule has 0 heterocycles. The molecule has 1 aliphatic rings. The van der Waals surface area contributed by atoms with Crippen molar-refractivity contribution in [3.63, 3.8) is 0 Å². The number of benzene rings is 1. The molecule has 0 saturated heterocycles. The molecule has 0 radical (unpaired) electrons. The van der Waals surface area contributed by atoms with Crippen LogP contribution >= 0.6 is 11.6 Å². The number of hydrogen-bond donors (Lipinski definition) is 2. The van der Waals surface area contributed by atoms with Crippen LogP contribution in [0, 0.1) is 0 Å². The monoisotopic (exact) mass is 284 g/mol. The summed E-state index contributed by atoms with van der Waals surface area (Å²) in [6.07, 6.45) is 3.37. The van der Waals surface area contributed by atoms with E-state index in [0.29, 0.717) is 5.02 Å². The van der Waals surface area contributed by atoms with Crippen LogP contribution in [0.4, 0.5) is 0 Å². The molecule has 1 aliphatic carbocycles. The van der Waals surface area contributed by atoms with Crippen molar-refractivity contribution in [3.8, 4) is 5.75 Å². The van der Waals surface area contributed by atoms with Crippen molar-refractivity contribution in [1.29, 1.82) is 0 Å². The fraction of sp³-hybridized carbons (Fsp3) is 0.500. The molecule has 4 nitrogen and oxygen atoms in total. The van der Waals surface area contributed by atoms with Crippen molar-refractivity contribution in [2.45, 2.75) is 38.2 Å². The van der Waals surface area contributed by atoms with Gasteiger partial charge in [0, 0.05) is 5.56 Å². The minimum Gasteiger partial charge on any atom is -0.495 e. The number of hydrogen-bond acceptors (Lipinski definition) is 3. The summed E-state index contributed by atoms with van der Waals surface area (Å²) in [5.41, 5.74) is 2.29. The van der Waals surface area contributed by atoms with Crippen molar-refractivity contribution in [2.75, 3.05) is 7.11 Å². The summed E-state index contributed by atoms with van der Waals surface area (Å²) in [5.74, 6) is -1.03. The third kappa shape index (κ3) is 2.69. The molecule has 104 valence electrons. The predicted molar refractivity (Wildman–Crippen MR) is 71.9 cm³/mol. The van der Waals surface area contributed by atoms with Gasteiger partial charge in [-0.05, 0) is 42.9 Å². The highest BCUT2D eigenvalue weighted by atomic mass is 35.5. The highest BCUT2D eigenvalue weighted by molar-refractivity contribution is 6.33. The molecule has 1 unspecified atom stereocenters. The molecule has 5 heteroatoms. The third-order valence-electron chi connectivity index (χ3n) is 3.55. The van der Waals surface area contributed by atoms with Gasteiger partial charge >= 0.3 is 5.97 Å². The second-order valence-corrected chi connectivity index (χ2v) is 5.13. The molecule has 0 spiro atoms. The first kappa shape index (κ1) is 14.2. The average molecular weight is 285 g/mol. The Kier molecular flexibility index (Phi) is 4.32. The van der Waals surface area contributed by atoms with E-state index in [9.17, 15) is 9.90 Å². The van der Waals surface area contributed by atoms with Gasteiger partial charge in [0.2, 0.25) is 0 Å². The molecular weight excluding hydrogens is 268 g/mol. The van der Waals surface area contributed by atoms with Crippen molar-refractivity contribution >= 4 is 17.6 Å². The number of methoxy groups -OCH3 is 1. The maximum Gasteiger partial charge on any atom is 0.337 e. The van der Waals surface area contributed by atoms with E-state index in [1.807, 2.05) is 0 Å². The Morgan fingerprint density at radius 3 is 2.68 bits per heavy atom. The minimum atomic E-state index is -1.61. The summed E-state index contributed by atoms with van der Waals surface area (Å²) in [6, 6.07) is 1.73. The van der Waals surface area contributed by atoms with Gasteiger partial charge in [0.15, 0.2) is 6.10 Å². The third-order valence-corrected chi connectivity index (χ3v) is 3.95. The summed E-state index contributed by atoms with van der Waals surface area (Å²) >= 11 is 6.32. The number of fused-ring (bicyclic) bond motifs is 1. The van der Waals surface area contributed by atoms with E-state index in [2.05, 4.69) is 0 Å². The van der Waals surface area contributed by atoms with Crippen LogP contribution in [0.2, 0.25) is 5.02 Å². The summed E-state index contributed by atoms with van der Waals surface area (Å²) in [6.45, 7) is 0. The standard InChI is InChI=1S/C14H17ClO4/c1-19-13-10(12(16)14(17)18)7-8-5-3-2-4-6-9(8)11(13)15/h7,12,16H,2-6H2,1H3,(H,17,18). The van der Waals surface area contributed by atoms with Crippen LogP contribution in [0.3, 0.4) is 0 Å². The van der Waals surface area contributed by atoms with Gasteiger partial charge in [-0.3, -0.25) is 0 Å². The van der Waals surface area contributed by atoms with Gasteiger partial charge < -0.3 is 14.9 Å². The first-order valence-electron chi connectivity index (χ1n) is 6.35. The highest BCUT2D eigenvalue weighted by Crippen LogP contribution is 2.40. The van der Waals surface area contributed by atoms with Crippen LogP contribution in [-0.4, -0.2) is 23.3 Å².